The third-order valence-corrected chi connectivity index (χ3v) is 6.95. The molecule has 2 aromatic heterocycles. The van der Waals surface area contributed by atoms with Crippen LogP contribution in [0.3, 0.4) is 0 Å². The second-order valence-corrected chi connectivity index (χ2v) is 9.35. The van der Waals surface area contributed by atoms with Gasteiger partial charge in [-0.05, 0) is 49.9 Å². The van der Waals surface area contributed by atoms with E-state index < -0.39 is 35.9 Å². The summed E-state index contributed by atoms with van der Waals surface area (Å²) >= 11 is 0. The van der Waals surface area contributed by atoms with Gasteiger partial charge in [0, 0.05) is 36.7 Å². The molecule has 0 saturated carbocycles. The number of nitrogens with one attached hydrogen (secondary N) is 1. The maximum Gasteiger partial charge on any atom is 0.416 e. The van der Waals surface area contributed by atoms with Gasteiger partial charge in [-0.2, -0.15) is 13.2 Å². The minimum Gasteiger partial charge on any atom is -0.385 e. The number of carbonyl (C=O) groups excluding carboxylic acids is 1. The molecule has 1 aromatic carbocycles. The Balaban J connectivity index is 1.92. The number of halogens is 3. The number of aromatic nitrogens is 3. The number of hydrogen-bond acceptors (Lipinski definition) is 6. The molecule has 11 heteroatoms. The van der Waals surface area contributed by atoms with Crippen molar-refractivity contribution in [3.05, 3.63) is 62.7 Å². The number of amides is 1. The van der Waals surface area contributed by atoms with Gasteiger partial charge in [0.1, 0.15) is 23.3 Å². The monoisotopic (exact) mass is 530 g/mol. The number of aliphatic hydroxyl groups is 1. The van der Waals surface area contributed by atoms with Crippen LogP contribution >= 0.6 is 0 Å². The number of anilines is 1. The Hall–Kier alpha value is -3.91. The molecule has 0 aliphatic carbocycles. The number of pyridine rings is 1. The van der Waals surface area contributed by atoms with E-state index in [1.807, 2.05) is 0 Å². The van der Waals surface area contributed by atoms with Gasteiger partial charge < -0.3 is 15.3 Å². The Kier molecular flexibility index (Phi) is 5.96. The smallest absolute Gasteiger partial charge is 0.385 e. The van der Waals surface area contributed by atoms with Gasteiger partial charge in [-0.3, -0.25) is 14.2 Å². The average molecular weight is 531 g/mol. The van der Waals surface area contributed by atoms with Crippen LogP contribution in [0.25, 0.3) is 11.0 Å². The molecule has 1 atom stereocenters. The quantitative estimate of drug-likeness (QED) is 0.501. The van der Waals surface area contributed by atoms with Gasteiger partial charge in [-0.1, -0.05) is 18.1 Å². The molecule has 38 heavy (non-hydrogen) atoms. The second-order valence-electron chi connectivity index (χ2n) is 9.35. The number of fused-ring (bicyclic) bond motifs is 1. The summed E-state index contributed by atoms with van der Waals surface area (Å²) in [5.41, 5.74) is -4.07. The highest BCUT2D eigenvalue weighted by Crippen LogP contribution is 2.37. The van der Waals surface area contributed by atoms with Crippen LogP contribution in [0.2, 0.25) is 0 Å². The maximum absolute atomic E-state index is 13.6. The summed E-state index contributed by atoms with van der Waals surface area (Å²) in [5.74, 6) is 2.25. The third-order valence-electron chi connectivity index (χ3n) is 6.95. The molecule has 0 spiro atoms. The van der Waals surface area contributed by atoms with Gasteiger partial charge in [0.25, 0.3) is 5.56 Å². The standard InChI is InChI=1S/C27H28F3N5O3/c1-6-22(18-8-7-9-20(15(18)2)27(28,29)30)33-23-19-14-21(25(37)34(5)24(19)32-16(3)31-23)26(38)10-12-35(13-11-26)17(4)36/h1,7-9,14,22,38H,10-13H2,2-5H3,(H,31,32,33)/t22-/m1/s1/i5D3. The van der Waals surface area contributed by atoms with Crippen LogP contribution in [0.15, 0.2) is 29.1 Å². The maximum atomic E-state index is 13.6. The van der Waals surface area contributed by atoms with Crippen LogP contribution in [-0.2, 0) is 23.5 Å². The van der Waals surface area contributed by atoms with Crippen molar-refractivity contribution in [2.24, 2.45) is 6.98 Å². The van der Waals surface area contributed by atoms with E-state index in [9.17, 15) is 27.9 Å². The number of terminal acetylenes is 1. The van der Waals surface area contributed by atoms with Gasteiger partial charge in [0.05, 0.1) is 16.6 Å². The number of benzene rings is 1. The van der Waals surface area contributed by atoms with Crippen molar-refractivity contribution in [2.45, 2.75) is 51.4 Å². The van der Waals surface area contributed by atoms with Crippen LogP contribution in [0.5, 0.6) is 0 Å². The summed E-state index contributed by atoms with van der Waals surface area (Å²) in [6, 6.07) is 3.77. The summed E-state index contributed by atoms with van der Waals surface area (Å²) in [6.45, 7) is 1.40. The Bertz CT molecular complexity index is 1620. The molecule has 200 valence electrons. The normalized spacial score (nSPS) is 17.7. The van der Waals surface area contributed by atoms with Crippen LogP contribution < -0.4 is 10.9 Å². The van der Waals surface area contributed by atoms with Crippen molar-refractivity contribution in [1.29, 1.82) is 0 Å². The van der Waals surface area contributed by atoms with Crippen LogP contribution in [0.4, 0.5) is 19.0 Å². The van der Waals surface area contributed by atoms with E-state index in [4.69, 9.17) is 10.5 Å². The second kappa shape index (κ2) is 9.76. The third kappa shape index (κ3) is 4.84. The average Bonchev–Trinajstić information content (AvgIpc) is 2.85. The predicted octanol–water partition coefficient (Wildman–Crippen LogP) is 3.58. The first-order valence-electron chi connectivity index (χ1n) is 13.3. The fraction of sp³-hybridized carbons (Fsp3) is 0.407. The molecule has 1 amide bonds. The zero-order chi connectivity index (χ0) is 30.5. The zero-order valence-electron chi connectivity index (χ0n) is 24.0. The highest BCUT2D eigenvalue weighted by molar-refractivity contribution is 5.88. The van der Waals surface area contributed by atoms with E-state index in [0.717, 1.165) is 6.07 Å². The van der Waals surface area contributed by atoms with Gasteiger partial charge in [-0.25, -0.2) is 9.97 Å². The van der Waals surface area contributed by atoms with E-state index in [1.54, 1.807) is 0 Å². The number of aryl methyl sites for hydroxylation is 2. The molecule has 3 aromatic rings. The molecule has 1 aliphatic rings. The van der Waals surface area contributed by atoms with Crippen molar-refractivity contribution < 1.29 is 27.2 Å². The van der Waals surface area contributed by atoms with Crippen LogP contribution in [0.1, 0.15) is 58.0 Å². The first kappa shape index (κ1) is 23.2. The molecule has 0 radical (unpaired) electrons. The van der Waals surface area contributed by atoms with Crippen LogP contribution in [-0.4, -0.2) is 43.5 Å². The van der Waals surface area contributed by atoms with Crippen molar-refractivity contribution in [2.75, 3.05) is 18.4 Å². The van der Waals surface area contributed by atoms with Gasteiger partial charge >= 0.3 is 6.18 Å². The van der Waals surface area contributed by atoms with Crippen LogP contribution in [0, 0.1) is 26.2 Å². The Labute approximate surface area is 221 Å². The Morgan fingerprint density at radius 2 is 1.97 bits per heavy atom. The molecule has 0 unspecified atom stereocenters. The minimum atomic E-state index is -4.62. The Morgan fingerprint density at radius 1 is 1.29 bits per heavy atom. The summed E-state index contributed by atoms with van der Waals surface area (Å²) in [4.78, 5) is 35.4. The highest BCUT2D eigenvalue weighted by Gasteiger charge is 2.38. The first-order valence-corrected chi connectivity index (χ1v) is 11.8. The number of rotatable bonds is 4. The predicted molar refractivity (Wildman–Crippen MR) is 136 cm³/mol. The van der Waals surface area contributed by atoms with E-state index in [2.05, 4.69) is 21.2 Å². The molecule has 0 bridgehead atoms. The van der Waals surface area contributed by atoms with Gasteiger partial charge in [-0.15, -0.1) is 6.42 Å². The van der Waals surface area contributed by atoms with Gasteiger partial charge in [0.15, 0.2) is 0 Å². The van der Waals surface area contributed by atoms with E-state index in [-0.39, 0.29) is 71.2 Å². The van der Waals surface area contributed by atoms with Crippen molar-refractivity contribution >= 4 is 22.8 Å². The molecular weight excluding hydrogens is 499 g/mol. The van der Waals surface area contributed by atoms with E-state index >= 15 is 0 Å². The molecule has 1 saturated heterocycles. The van der Waals surface area contributed by atoms with Crippen molar-refractivity contribution in [3.63, 3.8) is 0 Å². The SMILES string of the molecule is [2H]C([2H])([2H])n1c(=O)c(C2(O)CCN(C(C)=O)CC2)cc2c(N[C@H](C#C)c3cccc(C(F)(F)F)c3C)nc(C)nc21. The van der Waals surface area contributed by atoms with Crippen molar-refractivity contribution in [3.8, 4) is 12.3 Å². The largest absolute Gasteiger partial charge is 0.416 e. The summed E-state index contributed by atoms with van der Waals surface area (Å²) in [7, 11) is 0. The Morgan fingerprint density at radius 3 is 2.55 bits per heavy atom. The molecule has 3 heterocycles. The fourth-order valence-corrected chi connectivity index (χ4v) is 4.82. The molecule has 4 rings (SSSR count). The summed E-state index contributed by atoms with van der Waals surface area (Å²) < 4.78 is 65.4. The lowest BCUT2D eigenvalue weighted by atomic mass is 9.84. The summed E-state index contributed by atoms with van der Waals surface area (Å²) in [6.07, 6.45) is 1.07. The number of nitrogens with zero attached hydrogens (tertiary/aromatic N) is 4. The van der Waals surface area contributed by atoms with Gasteiger partial charge in [0.2, 0.25) is 5.91 Å². The number of alkyl halides is 3. The fourth-order valence-electron chi connectivity index (χ4n) is 4.82. The van der Waals surface area contributed by atoms with Crippen molar-refractivity contribution in [1.82, 2.24) is 19.4 Å². The topological polar surface area (TPSA) is 100 Å². The highest BCUT2D eigenvalue weighted by atomic mass is 19.4. The zero-order valence-corrected chi connectivity index (χ0v) is 21.0. The lowest BCUT2D eigenvalue weighted by Gasteiger charge is -2.38. The minimum absolute atomic E-state index is 0.0219. The van der Waals surface area contributed by atoms with E-state index in [1.165, 1.54) is 43.9 Å². The first-order chi connectivity index (χ1) is 19.0. The number of piperidine rings is 1. The molecule has 2 N–H and O–H groups in total. The summed E-state index contributed by atoms with van der Waals surface area (Å²) in [5, 5.41) is 14.5. The number of likely N-dealkylation sites (tertiary alicyclic amines) is 1. The lowest BCUT2D eigenvalue weighted by molar-refractivity contribution is -0.138. The lowest BCUT2D eigenvalue weighted by Crippen LogP contribution is -2.47. The van der Waals surface area contributed by atoms with E-state index in [0.29, 0.717) is 4.57 Å². The molecule has 8 nitrogen and oxygen atoms in total. The molecule has 1 aliphatic heterocycles. The number of carbonyl (C=O) groups is 1. The molecule has 1 fully saturated rings. The molecular formula is C27H28F3N5O3. The number of hydrogen-bond donors (Lipinski definition) is 2.